The van der Waals surface area contributed by atoms with Gasteiger partial charge in [0, 0.05) is 24.3 Å². The lowest BCUT2D eigenvalue weighted by Crippen LogP contribution is -2.08. The largest absolute Gasteiger partial charge is 0.396 e. The van der Waals surface area contributed by atoms with Crippen molar-refractivity contribution in [3.63, 3.8) is 0 Å². The van der Waals surface area contributed by atoms with E-state index in [2.05, 4.69) is 4.98 Å². The predicted molar refractivity (Wildman–Crippen MR) is 80.4 cm³/mol. The Morgan fingerprint density at radius 2 is 1.89 bits per heavy atom. The summed E-state index contributed by atoms with van der Waals surface area (Å²) in [5.41, 5.74) is 14.9. The molecule has 5 heteroatoms. The molecule has 0 aliphatic heterocycles. The third-order valence-corrected chi connectivity index (χ3v) is 3.22. The number of nitrogen functional groups attached to an aromatic ring is 2. The number of pyridine rings is 1. The molecule has 0 unspecified atom stereocenters. The number of alkyl halides is 1. The molecule has 1 aromatic heterocycles. The van der Waals surface area contributed by atoms with Gasteiger partial charge in [-0.3, -0.25) is 4.98 Å². The first kappa shape index (κ1) is 13.9. The zero-order chi connectivity index (χ0) is 13.7. The van der Waals surface area contributed by atoms with Crippen LogP contribution in [0.1, 0.15) is 12.1 Å². The average Bonchev–Trinajstić information content (AvgIpc) is 2.44. The molecule has 0 spiro atoms. The van der Waals surface area contributed by atoms with Gasteiger partial charge in [0.15, 0.2) is 0 Å². The summed E-state index contributed by atoms with van der Waals surface area (Å²) in [6.45, 7) is 1.23. The lowest BCUT2D eigenvalue weighted by Gasteiger charge is -2.11. The Bertz CT molecular complexity index is 560. The Morgan fingerprint density at radius 3 is 2.68 bits per heavy atom. The average molecular weight is 280 g/mol. The second-order valence-electron chi connectivity index (χ2n) is 4.31. The van der Waals surface area contributed by atoms with Crippen LogP contribution in [0.25, 0.3) is 10.9 Å². The van der Waals surface area contributed by atoms with Crippen molar-refractivity contribution in [1.29, 1.82) is 0 Å². The number of benzene rings is 1. The summed E-state index contributed by atoms with van der Waals surface area (Å²) in [5.74, 6) is 0.614. The fourth-order valence-electron chi connectivity index (χ4n) is 1.92. The van der Waals surface area contributed by atoms with Crippen molar-refractivity contribution in [3.8, 4) is 0 Å². The highest BCUT2D eigenvalue weighted by atomic mass is 35.5. The van der Waals surface area contributed by atoms with Crippen molar-refractivity contribution in [2.24, 2.45) is 0 Å². The topological polar surface area (TPSA) is 74.2 Å². The Labute approximate surface area is 117 Å². The Morgan fingerprint density at radius 1 is 1.11 bits per heavy atom. The Kier molecular flexibility index (Phi) is 4.82. The number of nitrogens with zero attached hydrogens (tertiary/aromatic N) is 1. The van der Waals surface area contributed by atoms with E-state index in [-0.39, 0.29) is 0 Å². The van der Waals surface area contributed by atoms with E-state index in [1.165, 1.54) is 0 Å². The molecule has 2 rings (SSSR count). The van der Waals surface area contributed by atoms with E-state index in [0.29, 0.717) is 36.9 Å². The maximum atomic E-state index is 6.05. The maximum absolute atomic E-state index is 6.05. The van der Waals surface area contributed by atoms with Gasteiger partial charge in [-0.25, -0.2) is 0 Å². The predicted octanol–water partition coefficient (Wildman–Crippen LogP) is 2.59. The summed E-state index contributed by atoms with van der Waals surface area (Å²) >= 11 is 5.58. The highest BCUT2D eigenvalue weighted by Crippen LogP contribution is 2.27. The minimum Gasteiger partial charge on any atom is -0.396 e. The molecule has 19 heavy (non-hydrogen) atoms. The SMILES string of the molecule is Nc1c(CCOCCCCl)nc2ccccc2c1N. The minimum absolute atomic E-state index is 0.555. The summed E-state index contributed by atoms with van der Waals surface area (Å²) in [4.78, 5) is 4.54. The van der Waals surface area contributed by atoms with Crippen molar-refractivity contribution in [2.45, 2.75) is 12.8 Å². The second-order valence-corrected chi connectivity index (χ2v) is 4.69. The fraction of sp³-hybridized carbons (Fsp3) is 0.357. The van der Waals surface area contributed by atoms with Crippen LogP contribution < -0.4 is 11.5 Å². The van der Waals surface area contributed by atoms with Crippen LogP contribution in [0.3, 0.4) is 0 Å². The molecule has 2 aromatic rings. The lowest BCUT2D eigenvalue weighted by atomic mass is 10.1. The van der Waals surface area contributed by atoms with E-state index in [9.17, 15) is 0 Å². The molecular weight excluding hydrogens is 262 g/mol. The van der Waals surface area contributed by atoms with Gasteiger partial charge < -0.3 is 16.2 Å². The first-order valence-electron chi connectivity index (χ1n) is 6.30. The molecule has 0 radical (unpaired) electrons. The van der Waals surface area contributed by atoms with Crippen LogP contribution in [0.15, 0.2) is 24.3 Å². The molecule has 0 aliphatic rings. The second kappa shape index (κ2) is 6.59. The van der Waals surface area contributed by atoms with Gasteiger partial charge in [0.05, 0.1) is 29.2 Å². The molecule has 0 saturated carbocycles. The maximum Gasteiger partial charge on any atom is 0.0774 e. The molecule has 0 atom stereocenters. The normalized spacial score (nSPS) is 11.0. The van der Waals surface area contributed by atoms with Crippen molar-refractivity contribution >= 4 is 33.9 Å². The number of nitrogens with two attached hydrogens (primary N) is 2. The molecule has 102 valence electrons. The number of hydrogen-bond acceptors (Lipinski definition) is 4. The summed E-state index contributed by atoms with van der Waals surface area (Å²) in [7, 11) is 0. The number of anilines is 2. The van der Waals surface area contributed by atoms with E-state index in [4.69, 9.17) is 27.8 Å². The lowest BCUT2D eigenvalue weighted by molar-refractivity contribution is 0.138. The summed E-state index contributed by atoms with van der Waals surface area (Å²) in [5, 5.41) is 0.895. The van der Waals surface area contributed by atoms with Crippen LogP contribution >= 0.6 is 11.6 Å². The first-order valence-corrected chi connectivity index (χ1v) is 6.83. The van der Waals surface area contributed by atoms with E-state index in [1.807, 2.05) is 24.3 Å². The van der Waals surface area contributed by atoms with Crippen molar-refractivity contribution in [1.82, 2.24) is 4.98 Å². The van der Waals surface area contributed by atoms with Gasteiger partial charge in [-0.05, 0) is 12.5 Å². The fourth-order valence-corrected chi connectivity index (χ4v) is 2.03. The monoisotopic (exact) mass is 279 g/mol. The van der Waals surface area contributed by atoms with Crippen molar-refractivity contribution < 1.29 is 4.74 Å². The molecule has 1 heterocycles. The molecule has 0 bridgehead atoms. The summed E-state index contributed by atoms with van der Waals surface area (Å²) in [6, 6.07) is 7.72. The molecule has 1 aromatic carbocycles. The Hall–Kier alpha value is -1.52. The molecule has 0 aliphatic carbocycles. The number of rotatable bonds is 6. The van der Waals surface area contributed by atoms with Crippen molar-refractivity contribution in [2.75, 3.05) is 30.6 Å². The van der Waals surface area contributed by atoms with Gasteiger partial charge in [-0.1, -0.05) is 18.2 Å². The number of aromatic nitrogens is 1. The standard InChI is InChI=1S/C14H18ClN3O/c15-7-3-8-19-9-6-12-14(17)13(16)10-4-1-2-5-11(10)18-12/h1-2,4-5H,3,6-9,17H2,(H2,16,18). The van der Waals surface area contributed by atoms with E-state index < -0.39 is 0 Å². The molecule has 4 N–H and O–H groups in total. The van der Waals surface area contributed by atoms with Crippen LogP contribution in [-0.2, 0) is 11.2 Å². The van der Waals surface area contributed by atoms with E-state index >= 15 is 0 Å². The zero-order valence-corrected chi connectivity index (χ0v) is 11.5. The molecule has 4 nitrogen and oxygen atoms in total. The van der Waals surface area contributed by atoms with E-state index in [0.717, 1.165) is 23.0 Å². The van der Waals surface area contributed by atoms with Crippen molar-refractivity contribution in [3.05, 3.63) is 30.0 Å². The van der Waals surface area contributed by atoms with Crippen LogP contribution in [0.2, 0.25) is 0 Å². The quantitative estimate of drug-likeness (QED) is 0.630. The molecular formula is C14H18ClN3O. The van der Waals surface area contributed by atoms with Gasteiger partial charge in [0.1, 0.15) is 0 Å². The smallest absolute Gasteiger partial charge is 0.0774 e. The van der Waals surface area contributed by atoms with Gasteiger partial charge in [0.2, 0.25) is 0 Å². The first-order chi connectivity index (χ1) is 9.24. The van der Waals surface area contributed by atoms with Gasteiger partial charge >= 0.3 is 0 Å². The van der Waals surface area contributed by atoms with Crippen LogP contribution in [-0.4, -0.2) is 24.1 Å². The highest BCUT2D eigenvalue weighted by molar-refractivity contribution is 6.17. The number of halogens is 1. The number of fused-ring (bicyclic) bond motifs is 1. The number of para-hydroxylation sites is 1. The number of ether oxygens (including phenoxy) is 1. The summed E-state index contributed by atoms with van der Waals surface area (Å²) in [6.07, 6.45) is 1.51. The van der Waals surface area contributed by atoms with Crippen LogP contribution in [0, 0.1) is 0 Å². The Balaban J connectivity index is 2.12. The van der Waals surface area contributed by atoms with Gasteiger partial charge in [-0.2, -0.15) is 0 Å². The van der Waals surface area contributed by atoms with Gasteiger partial charge in [-0.15, -0.1) is 11.6 Å². The molecule has 0 saturated heterocycles. The van der Waals surface area contributed by atoms with Gasteiger partial charge in [0.25, 0.3) is 0 Å². The minimum atomic E-state index is 0.555. The molecule has 0 amide bonds. The van der Waals surface area contributed by atoms with Crippen LogP contribution in [0.4, 0.5) is 11.4 Å². The van der Waals surface area contributed by atoms with E-state index in [1.54, 1.807) is 0 Å². The van der Waals surface area contributed by atoms with Crippen LogP contribution in [0.5, 0.6) is 0 Å². The molecule has 0 fully saturated rings. The zero-order valence-electron chi connectivity index (χ0n) is 10.7. The third-order valence-electron chi connectivity index (χ3n) is 2.96. The highest BCUT2D eigenvalue weighted by Gasteiger charge is 2.09. The third kappa shape index (κ3) is 3.28. The number of hydrogen-bond donors (Lipinski definition) is 2. The summed E-state index contributed by atoms with van der Waals surface area (Å²) < 4.78 is 5.46.